The number of aromatic nitrogens is 2. The number of alkyl halides is 2. The minimum absolute atomic E-state index is 0.112. The predicted octanol–water partition coefficient (Wildman–Crippen LogP) is 4.59. The normalized spacial score (nSPS) is 14.9. The lowest BCUT2D eigenvalue weighted by Gasteiger charge is -2.28. The van der Waals surface area contributed by atoms with E-state index >= 15 is 0 Å². The quantitative estimate of drug-likeness (QED) is 0.667. The van der Waals surface area contributed by atoms with Gasteiger partial charge in [-0.05, 0) is 42.7 Å². The summed E-state index contributed by atoms with van der Waals surface area (Å²) in [7, 11) is 0. The number of fused-ring (bicyclic) bond motifs is 3. The Bertz CT molecular complexity index is 903. The third-order valence-electron chi connectivity index (χ3n) is 5.36. The van der Waals surface area contributed by atoms with Gasteiger partial charge in [-0.15, -0.1) is 0 Å². The van der Waals surface area contributed by atoms with Crippen LogP contribution >= 0.6 is 0 Å². The molecule has 3 heterocycles. The van der Waals surface area contributed by atoms with Crippen molar-refractivity contribution >= 4 is 10.9 Å². The van der Waals surface area contributed by atoms with Gasteiger partial charge in [0.15, 0.2) is 0 Å². The first-order valence-electron chi connectivity index (χ1n) is 9.20. The average Bonchev–Trinajstić information content (AvgIpc) is 2.99. The number of hydrogen-bond donors (Lipinski definition) is 0. The Kier molecular flexibility index (Phi) is 4.72. The van der Waals surface area contributed by atoms with E-state index < -0.39 is 6.43 Å². The molecule has 0 atom stereocenters. The van der Waals surface area contributed by atoms with Gasteiger partial charge in [-0.25, -0.2) is 8.78 Å². The van der Waals surface area contributed by atoms with Crippen LogP contribution in [0.25, 0.3) is 10.9 Å². The Morgan fingerprint density at radius 2 is 2.12 bits per heavy atom. The van der Waals surface area contributed by atoms with E-state index in [9.17, 15) is 8.78 Å². The number of hydrogen-bond acceptors (Lipinski definition) is 2. The van der Waals surface area contributed by atoms with E-state index in [1.165, 1.54) is 16.8 Å². The molecule has 26 heavy (non-hydrogen) atoms. The summed E-state index contributed by atoms with van der Waals surface area (Å²) in [6, 6.07) is 9.17. The van der Waals surface area contributed by atoms with Gasteiger partial charge >= 0.3 is 0 Å². The molecule has 1 aliphatic heterocycles. The van der Waals surface area contributed by atoms with Crippen LogP contribution < -0.4 is 0 Å². The van der Waals surface area contributed by atoms with Crippen LogP contribution in [0.1, 0.15) is 35.7 Å². The zero-order valence-electron chi connectivity index (χ0n) is 15.0. The Morgan fingerprint density at radius 1 is 1.23 bits per heavy atom. The first kappa shape index (κ1) is 17.2. The van der Waals surface area contributed by atoms with Crippen molar-refractivity contribution in [2.24, 2.45) is 0 Å². The number of pyridine rings is 1. The fourth-order valence-corrected chi connectivity index (χ4v) is 4.04. The lowest BCUT2D eigenvalue weighted by molar-refractivity contribution is 0.151. The van der Waals surface area contributed by atoms with Crippen molar-refractivity contribution in [3.63, 3.8) is 0 Å². The van der Waals surface area contributed by atoms with Gasteiger partial charge in [0.05, 0.1) is 0 Å². The van der Waals surface area contributed by atoms with E-state index in [-0.39, 0.29) is 5.56 Å². The lowest BCUT2D eigenvalue weighted by Crippen LogP contribution is -2.32. The molecule has 0 amide bonds. The fourth-order valence-electron chi connectivity index (χ4n) is 4.04. The number of rotatable bonds is 5. The van der Waals surface area contributed by atoms with Crippen molar-refractivity contribution < 1.29 is 8.78 Å². The predicted molar refractivity (Wildman–Crippen MR) is 99.5 cm³/mol. The molecule has 136 valence electrons. The number of halogens is 2. The van der Waals surface area contributed by atoms with Crippen LogP contribution in [0, 0.1) is 0 Å². The van der Waals surface area contributed by atoms with Crippen LogP contribution in [0.4, 0.5) is 8.78 Å². The molecule has 0 spiro atoms. The van der Waals surface area contributed by atoms with Crippen LogP contribution in [-0.2, 0) is 25.9 Å². The monoisotopic (exact) mass is 355 g/mol. The molecule has 2 aromatic heterocycles. The first-order chi connectivity index (χ1) is 12.7. The van der Waals surface area contributed by atoms with E-state index in [1.807, 2.05) is 18.3 Å². The Labute approximate surface area is 152 Å². The van der Waals surface area contributed by atoms with Crippen molar-refractivity contribution in [2.45, 2.75) is 39.3 Å². The van der Waals surface area contributed by atoms with Crippen molar-refractivity contribution in [1.29, 1.82) is 0 Å². The van der Waals surface area contributed by atoms with Gasteiger partial charge in [0, 0.05) is 67.2 Å². The average molecular weight is 355 g/mol. The van der Waals surface area contributed by atoms with Crippen LogP contribution in [0.15, 0.2) is 42.7 Å². The molecule has 3 nitrogen and oxygen atoms in total. The molecule has 0 saturated carbocycles. The molecule has 0 unspecified atom stereocenters. The largest absolute Gasteiger partial charge is 0.344 e. The van der Waals surface area contributed by atoms with Crippen LogP contribution in [0.2, 0.25) is 0 Å². The maximum Gasteiger partial charge on any atom is 0.263 e. The maximum absolute atomic E-state index is 13.2. The van der Waals surface area contributed by atoms with Crippen LogP contribution in [0.3, 0.4) is 0 Å². The van der Waals surface area contributed by atoms with Gasteiger partial charge in [-0.1, -0.05) is 12.1 Å². The van der Waals surface area contributed by atoms with Gasteiger partial charge in [0.1, 0.15) is 0 Å². The summed E-state index contributed by atoms with van der Waals surface area (Å²) in [5, 5.41) is 0.991. The van der Waals surface area contributed by atoms with E-state index in [4.69, 9.17) is 0 Å². The molecule has 0 aliphatic carbocycles. The summed E-state index contributed by atoms with van der Waals surface area (Å²) in [4.78, 5) is 6.59. The molecule has 0 saturated heterocycles. The molecule has 0 radical (unpaired) electrons. The van der Waals surface area contributed by atoms with Crippen molar-refractivity contribution in [2.75, 3.05) is 13.1 Å². The molecular formula is C21H23F2N3. The number of benzene rings is 1. The van der Waals surface area contributed by atoms with Gasteiger partial charge in [0.25, 0.3) is 6.43 Å². The third-order valence-corrected chi connectivity index (χ3v) is 5.36. The zero-order chi connectivity index (χ0) is 18.1. The highest BCUT2D eigenvalue weighted by Crippen LogP contribution is 2.33. The summed E-state index contributed by atoms with van der Waals surface area (Å²) >= 11 is 0. The van der Waals surface area contributed by atoms with Crippen molar-refractivity contribution in [1.82, 2.24) is 14.5 Å². The molecule has 0 fully saturated rings. The zero-order valence-corrected chi connectivity index (χ0v) is 15.0. The van der Waals surface area contributed by atoms with Crippen molar-refractivity contribution in [3.05, 3.63) is 65.1 Å². The number of nitrogens with zero attached hydrogens (tertiary/aromatic N) is 3. The van der Waals surface area contributed by atoms with Crippen molar-refractivity contribution in [3.8, 4) is 0 Å². The molecule has 1 aliphatic rings. The lowest BCUT2D eigenvalue weighted by atomic mass is 10.0. The second kappa shape index (κ2) is 7.16. The highest BCUT2D eigenvalue weighted by molar-refractivity contribution is 5.86. The maximum atomic E-state index is 13.2. The molecule has 4 rings (SSSR count). The summed E-state index contributed by atoms with van der Waals surface area (Å²) < 4.78 is 28.6. The topological polar surface area (TPSA) is 21.1 Å². The summed E-state index contributed by atoms with van der Waals surface area (Å²) in [5.74, 6) is 0. The van der Waals surface area contributed by atoms with Gasteiger partial charge in [0.2, 0.25) is 0 Å². The second-order valence-corrected chi connectivity index (χ2v) is 6.88. The van der Waals surface area contributed by atoms with E-state index in [2.05, 4.69) is 27.4 Å². The molecule has 1 aromatic carbocycles. The Balaban J connectivity index is 1.62. The Morgan fingerprint density at radius 3 is 2.85 bits per heavy atom. The van der Waals surface area contributed by atoms with E-state index in [1.54, 1.807) is 18.3 Å². The summed E-state index contributed by atoms with van der Waals surface area (Å²) in [5.41, 5.74) is 4.96. The molecular weight excluding hydrogens is 332 g/mol. The standard InChI is InChI=1S/C21H23F2N3/c1-2-26-19-6-5-16(21(22)23)12-17(19)18-14-25(11-8-20(18)26)10-7-15-4-3-9-24-13-15/h3-6,9,12-13,21H,2,7-8,10-11,14H2,1H3. The smallest absolute Gasteiger partial charge is 0.263 e. The fraction of sp³-hybridized carbons (Fsp3) is 0.381. The van der Waals surface area contributed by atoms with Gasteiger partial charge in [-0.3, -0.25) is 9.88 Å². The molecule has 5 heteroatoms. The minimum Gasteiger partial charge on any atom is -0.344 e. The van der Waals surface area contributed by atoms with Crippen LogP contribution in [0.5, 0.6) is 0 Å². The van der Waals surface area contributed by atoms with Crippen LogP contribution in [-0.4, -0.2) is 27.5 Å². The first-order valence-corrected chi connectivity index (χ1v) is 9.20. The summed E-state index contributed by atoms with van der Waals surface area (Å²) in [6.45, 7) is 5.78. The van der Waals surface area contributed by atoms with Gasteiger partial charge in [-0.2, -0.15) is 0 Å². The molecule has 0 bridgehead atoms. The molecule has 3 aromatic rings. The van der Waals surface area contributed by atoms with E-state index in [0.29, 0.717) is 0 Å². The Hall–Kier alpha value is -2.27. The van der Waals surface area contributed by atoms with Gasteiger partial charge < -0.3 is 4.57 Å². The highest BCUT2D eigenvalue weighted by atomic mass is 19.3. The van der Waals surface area contributed by atoms with E-state index in [0.717, 1.165) is 49.9 Å². The molecule has 0 N–H and O–H groups in total. The summed E-state index contributed by atoms with van der Waals surface area (Å²) in [6.07, 6.45) is 3.20. The highest BCUT2D eigenvalue weighted by Gasteiger charge is 2.24. The SMILES string of the molecule is CCn1c2c(c3cc(C(F)F)ccc31)CN(CCc1cccnc1)CC2. The second-order valence-electron chi connectivity index (χ2n) is 6.88. The minimum atomic E-state index is -2.43. The third kappa shape index (κ3) is 3.12. The number of aryl methyl sites for hydroxylation is 1.